The maximum absolute atomic E-state index is 11.9. The summed E-state index contributed by atoms with van der Waals surface area (Å²) in [4.78, 5) is 22.7. The molecule has 0 bridgehead atoms. The second kappa shape index (κ2) is 6.39. The van der Waals surface area contributed by atoms with Crippen LogP contribution in [0, 0.1) is 0 Å². The number of rotatable bonds is 5. The molecule has 0 aliphatic rings. The predicted molar refractivity (Wildman–Crippen MR) is 80.6 cm³/mol. The normalized spacial score (nSPS) is 12.0. The van der Waals surface area contributed by atoms with E-state index < -0.39 is 11.9 Å². The van der Waals surface area contributed by atoms with Gasteiger partial charge >= 0.3 is 5.97 Å². The summed E-state index contributed by atoms with van der Waals surface area (Å²) in [6, 6.07) is 11.6. The summed E-state index contributed by atoms with van der Waals surface area (Å²) in [6.45, 7) is 2.99. The van der Waals surface area contributed by atoms with Gasteiger partial charge in [-0.3, -0.25) is 9.59 Å². The Balaban J connectivity index is 2.21. The molecule has 2 aromatic carbocycles. The summed E-state index contributed by atoms with van der Waals surface area (Å²) >= 11 is 0. The van der Waals surface area contributed by atoms with E-state index in [9.17, 15) is 9.59 Å². The zero-order chi connectivity index (χ0) is 15.4. The molecule has 0 saturated heterocycles. The molecule has 4 nitrogen and oxygen atoms in total. The Hall–Kier alpha value is -2.36. The smallest absolute Gasteiger partial charge is 0.313 e. The maximum atomic E-state index is 11.9. The van der Waals surface area contributed by atoms with Crippen molar-refractivity contribution in [2.45, 2.75) is 19.8 Å². The van der Waals surface area contributed by atoms with Gasteiger partial charge in [-0.15, -0.1) is 0 Å². The van der Waals surface area contributed by atoms with E-state index in [-0.39, 0.29) is 12.4 Å². The van der Waals surface area contributed by atoms with Crippen molar-refractivity contribution in [3.63, 3.8) is 0 Å². The molecule has 1 unspecified atom stereocenters. The predicted octanol–water partition coefficient (Wildman–Crippen LogP) is 3.08. The minimum Gasteiger partial charge on any atom is -0.497 e. The number of carbonyl (C=O) groups excluding carboxylic acids is 2. The lowest BCUT2D eigenvalue weighted by atomic mass is 9.98. The van der Waals surface area contributed by atoms with Crippen molar-refractivity contribution in [1.82, 2.24) is 0 Å². The van der Waals surface area contributed by atoms with E-state index in [1.54, 1.807) is 14.0 Å². The van der Waals surface area contributed by atoms with Gasteiger partial charge in [-0.25, -0.2) is 0 Å². The molecule has 0 saturated carbocycles. The fraction of sp³-hybridized carbons (Fsp3) is 0.294. The Morgan fingerprint density at radius 3 is 2.43 bits per heavy atom. The average Bonchev–Trinajstić information content (AvgIpc) is 2.50. The number of fused-ring (bicyclic) bond motifs is 1. The molecule has 0 N–H and O–H groups in total. The zero-order valence-corrected chi connectivity index (χ0v) is 12.4. The number of hydrogen-bond donors (Lipinski definition) is 0. The lowest BCUT2D eigenvalue weighted by Crippen LogP contribution is -2.16. The molecule has 0 aromatic heterocycles. The first-order valence-corrected chi connectivity index (χ1v) is 6.75. The molecule has 21 heavy (non-hydrogen) atoms. The lowest BCUT2D eigenvalue weighted by Gasteiger charge is -2.12. The van der Waals surface area contributed by atoms with E-state index in [0.29, 0.717) is 0 Å². The number of ketones is 1. The summed E-state index contributed by atoms with van der Waals surface area (Å²) in [5.41, 5.74) is 0.862. The molecule has 0 radical (unpaired) electrons. The number of benzene rings is 2. The number of methoxy groups -OCH3 is 1. The topological polar surface area (TPSA) is 52.6 Å². The van der Waals surface area contributed by atoms with E-state index in [0.717, 1.165) is 22.1 Å². The standard InChI is InChI=1S/C17H18O4/c1-11(18)10-21-17(19)12(2)13-4-5-15-9-16(20-3)7-6-14(15)8-13/h4-9,12H,10H2,1-3H3. The van der Waals surface area contributed by atoms with Crippen molar-refractivity contribution >= 4 is 22.5 Å². The van der Waals surface area contributed by atoms with Crippen LogP contribution in [-0.4, -0.2) is 25.5 Å². The first-order valence-electron chi connectivity index (χ1n) is 6.75. The van der Waals surface area contributed by atoms with Crippen LogP contribution in [-0.2, 0) is 14.3 Å². The van der Waals surface area contributed by atoms with Crippen molar-refractivity contribution < 1.29 is 19.1 Å². The van der Waals surface area contributed by atoms with Gasteiger partial charge in [-0.1, -0.05) is 24.3 Å². The number of esters is 1. The Morgan fingerprint density at radius 2 is 1.76 bits per heavy atom. The molecule has 4 heteroatoms. The lowest BCUT2D eigenvalue weighted by molar-refractivity contribution is -0.148. The molecule has 0 fully saturated rings. The highest BCUT2D eigenvalue weighted by molar-refractivity contribution is 5.87. The summed E-state index contributed by atoms with van der Waals surface area (Å²) < 4.78 is 10.1. The molecule has 0 aliphatic heterocycles. The van der Waals surface area contributed by atoms with Crippen LogP contribution in [0.5, 0.6) is 5.75 Å². The van der Waals surface area contributed by atoms with Crippen LogP contribution >= 0.6 is 0 Å². The SMILES string of the molecule is COc1ccc2cc(C(C)C(=O)OCC(C)=O)ccc2c1. The summed E-state index contributed by atoms with van der Waals surface area (Å²) in [5.74, 6) is -0.167. The molecular formula is C17H18O4. The van der Waals surface area contributed by atoms with Crippen molar-refractivity contribution in [2.24, 2.45) is 0 Å². The van der Waals surface area contributed by atoms with Gasteiger partial charge in [0.1, 0.15) is 12.4 Å². The minimum atomic E-state index is -0.407. The van der Waals surface area contributed by atoms with Crippen molar-refractivity contribution in [1.29, 1.82) is 0 Å². The van der Waals surface area contributed by atoms with Gasteiger partial charge in [0.05, 0.1) is 13.0 Å². The van der Waals surface area contributed by atoms with Crippen LogP contribution < -0.4 is 4.74 Å². The third-order valence-corrected chi connectivity index (χ3v) is 3.34. The van der Waals surface area contributed by atoms with E-state index >= 15 is 0 Å². The molecule has 0 aliphatic carbocycles. The van der Waals surface area contributed by atoms with E-state index in [2.05, 4.69) is 0 Å². The molecule has 0 heterocycles. The van der Waals surface area contributed by atoms with Crippen LogP contribution in [0.2, 0.25) is 0 Å². The van der Waals surface area contributed by atoms with Gasteiger partial charge in [0.15, 0.2) is 5.78 Å². The van der Waals surface area contributed by atoms with Gasteiger partial charge < -0.3 is 9.47 Å². The third kappa shape index (κ3) is 3.60. The molecular weight excluding hydrogens is 268 g/mol. The van der Waals surface area contributed by atoms with Gasteiger partial charge in [-0.2, -0.15) is 0 Å². The van der Waals surface area contributed by atoms with Crippen LogP contribution in [0.1, 0.15) is 25.3 Å². The second-order valence-electron chi connectivity index (χ2n) is 5.00. The third-order valence-electron chi connectivity index (χ3n) is 3.34. The Bertz CT molecular complexity index is 676. The molecule has 2 rings (SSSR count). The quantitative estimate of drug-likeness (QED) is 0.793. The van der Waals surface area contributed by atoms with E-state index in [1.807, 2.05) is 36.4 Å². The molecule has 2 aromatic rings. The highest BCUT2D eigenvalue weighted by Gasteiger charge is 2.17. The van der Waals surface area contributed by atoms with Gasteiger partial charge in [0.25, 0.3) is 0 Å². The largest absolute Gasteiger partial charge is 0.497 e. The Kier molecular flexibility index (Phi) is 4.58. The fourth-order valence-electron chi connectivity index (χ4n) is 2.07. The maximum Gasteiger partial charge on any atom is 0.313 e. The number of hydrogen-bond acceptors (Lipinski definition) is 4. The Labute approximate surface area is 123 Å². The Morgan fingerprint density at radius 1 is 1.10 bits per heavy atom. The molecule has 0 amide bonds. The second-order valence-corrected chi connectivity index (χ2v) is 5.00. The summed E-state index contributed by atoms with van der Waals surface area (Å²) in [6.07, 6.45) is 0. The number of ether oxygens (including phenoxy) is 2. The molecule has 1 atom stereocenters. The van der Waals surface area contributed by atoms with E-state index in [4.69, 9.17) is 9.47 Å². The van der Waals surface area contributed by atoms with E-state index in [1.165, 1.54) is 6.92 Å². The fourth-order valence-corrected chi connectivity index (χ4v) is 2.07. The van der Waals surface area contributed by atoms with Crippen LogP contribution in [0.4, 0.5) is 0 Å². The van der Waals surface area contributed by atoms with Gasteiger partial charge in [-0.05, 0) is 42.3 Å². The molecule has 0 spiro atoms. The van der Waals surface area contributed by atoms with Crippen LogP contribution in [0.25, 0.3) is 10.8 Å². The first-order chi connectivity index (χ1) is 10.0. The summed E-state index contributed by atoms with van der Waals surface area (Å²) in [5, 5.41) is 2.07. The van der Waals surface area contributed by atoms with Crippen LogP contribution in [0.15, 0.2) is 36.4 Å². The number of carbonyl (C=O) groups is 2. The van der Waals surface area contributed by atoms with Gasteiger partial charge in [0, 0.05) is 0 Å². The highest BCUT2D eigenvalue weighted by Crippen LogP contribution is 2.25. The van der Waals surface area contributed by atoms with Crippen molar-refractivity contribution in [3.05, 3.63) is 42.0 Å². The van der Waals surface area contributed by atoms with Crippen molar-refractivity contribution in [3.8, 4) is 5.75 Å². The molecule has 110 valence electrons. The summed E-state index contributed by atoms with van der Waals surface area (Å²) in [7, 11) is 1.63. The van der Waals surface area contributed by atoms with Gasteiger partial charge in [0.2, 0.25) is 0 Å². The minimum absolute atomic E-state index is 0.166. The number of Topliss-reactive ketones (excluding diaryl/α,β-unsaturated/α-hetero) is 1. The van der Waals surface area contributed by atoms with Crippen LogP contribution in [0.3, 0.4) is 0 Å². The highest BCUT2D eigenvalue weighted by atomic mass is 16.5. The zero-order valence-electron chi connectivity index (χ0n) is 12.4. The first kappa shape index (κ1) is 15.0. The average molecular weight is 286 g/mol. The monoisotopic (exact) mass is 286 g/mol. The van der Waals surface area contributed by atoms with Crippen molar-refractivity contribution in [2.75, 3.05) is 13.7 Å².